The van der Waals surface area contributed by atoms with E-state index in [4.69, 9.17) is 4.74 Å². The topological polar surface area (TPSA) is 38.3 Å². The van der Waals surface area contributed by atoms with Crippen LogP contribution in [-0.2, 0) is 4.79 Å². The Hall–Kier alpha value is -2.03. The molecular weight excluding hydrogens is 250 g/mol. The molecule has 0 aliphatic carbocycles. The standard InChI is InChI=1S/C17H19NO2/c1-3-14-13(10-16(19)18-14)17-12-7-5-4-6-11(12)8-9-15(17)20-2/h4-9,13-14H,3,10H2,1-2H3,(H,18,19). The third-order valence-electron chi connectivity index (χ3n) is 4.20. The second kappa shape index (κ2) is 5.16. The zero-order valence-corrected chi connectivity index (χ0v) is 11.8. The minimum atomic E-state index is 0.136. The largest absolute Gasteiger partial charge is 0.496 e. The summed E-state index contributed by atoms with van der Waals surface area (Å²) in [5, 5.41) is 5.45. The molecule has 2 aromatic carbocycles. The number of ether oxygens (including phenoxy) is 1. The number of fused-ring (bicyclic) bond motifs is 1. The number of carbonyl (C=O) groups is 1. The smallest absolute Gasteiger partial charge is 0.220 e. The Labute approximate surface area is 118 Å². The lowest BCUT2D eigenvalue weighted by Gasteiger charge is -2.21. The molecule has 1 aliphatic heterocycles. The van der Waals surface area contributed by atoms with Gasteiger partial charge in [0, 0.05) is 23.9 Å². The molecule has 0 spiro atoms. The number of amides is 1. The lowest BCUT2D eigenvalue weighted by Crippen LogP contribution is -2.27. The Balaban J connectivity index is 2.20. The van der Waals surface area contributed by atoms with Gasteiger partial charge in [-0.05, 0) is 23.3 Å². The van der Waals surface area contributed by atoms with Crippen molar-refractivity contribution in [3.63, 3.8) is 0 Å². The molecule has 1 aliphatic rings. The fourth-order valence-corrected chi connectivity index (χ4v) is 3.23. The van der Waals surface area contributed by atoms with Crippen LogP contribution in [0.25, 0.3) is 10.8 Å². The van der Waals surface area contributed by atoms with E-state index in [1.54, 1.807) is 7.11 Å². The van der Waals surface area contributed by atoms with Gasteiger partial charge < -0.3 is 10.1 Å². The van der Waals surface area contributed by atoms with Crippen molar-refractivity contribution in [1.29, 1.82) is 0 Å². The molecule has 104 valence electrons. The van der Waals surface area contributed by atoms with Crippen LogP contribution in [-0.4, -0.2) is 19.1 Å². The molecule has 20 heavy (non-hydrogen) atoms. The number of methoxy groups -OCH3 is 1. The first-order chi connectivity index (χ1) is 9.74. The van der Waals surface area contributed by atoms with E-state index in [0.717, 1.165) is 17.7 Å². The normalized spacial score (nSPS) is 22.0. The lowest BCUT2D eigenvalue weighted by atomic mass is 9.86. The zero-order chi connectivity index (χ0) is 14.1. The van der Waals surface area contributed by atoms with E-state index in [1.165, 1.54) is 10.8 Å². The quantitative estimate of drug-likeness (QED) is 0.929. The molecule has 2 aromatic rings. The summed E-state index contributed by atoms with van der Waals surface area (Å²) in [4.78, 5) is 11.8. The van der Waals surface area contributed by atoms with Gasteiger partial charge in [-0.2, -0.15) is 0 Å². The molecule has 0 radical (unpaired) electrons. The molecule has 0 aromatic heterocycles. The molecule has 0 saturated carbocycles. The predicted octanol–water partition coefficient (Wildman–Crippen LogP) is 3.23. The second-order valence-electron chi connectivity index (χ2n) is 5.30. The van der Waals surface area contributed by atoms with Gasteiger partial charge in [0.1, 0.15) is 5.75 Å². The highest BCUT2D eigenvalue weighted by Crippen LogP contribution is 2.40. The van der Waals surface area contributed by atoms with E-state index in [9.17, 15) is 4.79 Å². The predicted molar refractivity (Wildman–Crippen MR) is 80.1 cm³/mol. The summed E-state index contributed by atoms with van der Waals surface area (Å²) < 4.78 is 5.55. The summed E-state index contributed by atoms with van der Waals surface area (Å²) >= 11 is 0. The lowest BCUT2D eigenvalue weighted by molar-refractivity contribution is -0.119. The second-order valence-corrected chi connectivity index (χ2v) is 5.30. The first-order valence-corrected chi connectivity index (χ1v) is 7.09. The third kappa shape index (κ3) is 2.03. The highest BCUT2D eigenvalue weighted by molar-refractivity contribution is 5.90. The van der Waals surface area contributed by atoms with E-state index >= 15 is 0 Å². The maximum atomic E-state index is 11.8. The van der Waals surface area contributed by atoms with E-state index in [2.05, 4.69) is 30.4 Å². The van der Waals surface area contributed by atoms with Gasteiger partial charge >= 0.3 is 0 Å². The molecular formula is C17H19NO2. The summed E-state index contributed by atoms with van der Waals surface area (Å²) in [5.41, 5.74) is 1.16. The molecule has 2 unspecified atom stereocenters. The summed E-state index contributed by atoms with van der Waals surface area (Å²) in [5.74, 6) is 1.20. The summed E-state index contributed by atoms with van der Waals surface area (Å²) in [7, 11) is 1.69. The molecule has 1 amide bonds. The number of hydrogen-bond donors (Lipinski definition) is 1. The zero-order valence-electron chi connectivity index (χ0n) is 11.8. The summed E-state index contributed by atoms with van der Waals surface area (Å²) in [6.07, 6.45) is 1.48. The number of hydrogen-bond acceptors (Lipinski definition) is 2. The maximum Gasteiger partial charge on any atom is 0.220 e. The van der Waals surface area contributed by atoms with Crippen molar-refractivity contribution in [2.24, 2.45) is 0 Å². The van der Waals surface area contributed by atoms with E-state index in [-0.39, 0.29) is 17.9 Å². The van der Waals surface area contributed by atoms with Gasteiger partial charge in [0.25, 0.3) is 0 Å². The Morgan fingerprint density at radius 1 is 1.25 bits per heavy atom. The van der Waals surface area contributed by atoms with Gasteiger partial charge in [0.15, 0.2) is 0 Å². The van der Waals surface area contributed by atoms with Crippen molar-refractivity contribution < 1.29 is 9.53 Å². The maximum absolute atomic E-state index is 11.8. The van der Waals surface area contributed by atoms with Crippen LogP contribution in [0.3, 0.4) is 0 Å². The van der Waals surface area contributed by atoms with E-state index in [0.29, 0.717) is 6.42 Å². The summed E-state index contributed by atoms with van der Waals surface area (Å²) in [6.45, 7) is 2.11. The number of benzene rings is 2. The molecule has 2 atom stereocenters. The minimum Gasteiger partial charge on any atom is -0.496 e. The van der Waals surface area contributed by atoms with Crippen LogP contribution in [0.1, 0.15) is 31.2 Å². The van der Waals surface area contributed by atoms with Crippen LogP contribution < -0.4 is 10.1 Å². The third-order valence-corrected chi connectivity index (χ3v) is 4.20. The molecule has 0 bridgehead atoms. The van der Waals surface area contributed by atoms with Gasteiger partial charge in [-0.15, -0.1) is 0 Å². The molecule has 3 nitrogen and oxygen atoms in total. The molecule has 1 heterocycles. The van der Waals surface area contributed by atoms with Crippen LogP contribution in [0.2, 0.25) is 0 Å². The van der Waals surface area contributed by atoms with Crippen LogP contribution in [0.4, 0.5) is 0 Å². The average Bonchev–Trinajstić information content (AvgIpc) is 2.86. The van der Waals surface area contributed by atoms with Crippen molar-refractivity contribution in [3.05, 3.63) is 42.0 Å². The van der Waals surface area contributed by atoms with Gasteiger partial charge in [-0.25, -0.2) is 0 Å². The molecule has 3 heteroatoms. The van der Waals surface area contributed by atoms with Gasteiger partial charge in [0.05, 0.1) is 7.11 Å². The highest BCUT2D eigenvalue weighted by atomic mass is 16.5. The minimum absolute atomic E-state index is 0.136. The first kappa shape index (κ1) is 13.0. The number of carbonyl (C=O) groups excluding carboxylic acids is 1. The SMILES string of the molecule is CCC1NC(=O)CC1c1c(OC)ccc2ccccc12. The Morgan fingerprint density at radius 3 is 2.80 bits per heavy atom. The fraction of sp³-hybridized carbons (Fsp3) is 0.353. The Bertz CT molecular complexity index is 650. The van der Waals surface area contributed by atoms with Crippen LogP contribution in [0, 0.1) is 0 Å². The van der Waals surface area contributed by atoms with Crippen molar-refractivity contribution in [2.75, 3.05) is 7.11 Å². The molecule has 1 saturated heterocycles. The molecule has 3 rings (SSSR count). The van der Waals surface area contributed by atoms with Gasteiger partial charge in [0.2, 0.25) is 5.91 Å². The van der Waals surface area contributed by atoms with Gasteiger partial charge in [-0.3, -0.25) is 4.79 Å². The van der Waals surface area contributed by atoms with Crippen LogP contribution in [0.5, 0.6) is 5.75 Å². The monoisotopic (exact) mass is 269 g/mol. The Morgan fingerprint density at radius 2 is 2.05 bits per heavy atom. The highest BCUT2D eigenvalue weighted by Gasteiger charge is 2.34. The van der Waals surface area contributed by atoms with E-state index < -0.39 is 0 Å². The van der Waals surface area contributed by atoms with Crippen molar-refractivity contribution in [3.8, 4) is 5.75 Å². The van der Waals surface area contributed by atoms with Gasteiger partial charge in [-0.1, -0.05) is 37.3 Å². The van der Waals surface area contributed by atoms with E-state index in [1.807, 2.05) is 18.2 Å². The number of nitrogens with one attached hydrogen (secondary N) is 1. The van der Waals surface area contributed by atoms with Crippen molar-refractivity contribution >= 4 is 16.7 Å². The van der Waals surface area contributed by atoms with Crippen molar-refractivity contribution in [1.82, 2.24) is 5.32 Å². The van der Waals surface area contributed by atoms with Crippen LogP contribution in [0.15, 0.2) is 36.4 Å². The first-order valence-electron chi connectivity index (χ1n) is 7.09. The number of rotatable bonds is 3. The molecule has 1 N–H and O–H groups in total. The fourth-order valence-electron chi connectivity index (χ4n) is 3.23. The molecule has 1 fully saturated rings. The average molecular weight is 269 g/mol. The van der Waals surface area contributed by atoms with Crippen molar-refractivity contribution in [2.45, 2.75) is 31.7 Å². The van der Waals surface area contributed by atoms with Crippen LogP contribution >= 0.6 is 0 Å². The summed E-state index contributed by atoms with van der Waals surface area (Å²) in [6, 6.07) is 12.6. The Kier molecular flexibility index (Phi) is 3.35.